The molecule has 14 heteroatoms. The van der Waals surface area contributed by atoms with E-state index in [0.29, 0.717) is 21.9 Å². The molecule has 3 rings (SSSR count). The summed E-state index contributed by atoms with van der Waals surface area (Å²) in [5, 5.41) is 20.5. The molecular formula is C23H16F8N2O3S. The molecule has 0 saturated heterocycles. The lowest BCUT2D eigenvalue weighted by atomic mass is 10.1. The van der Waals surface area contributed by atoms with Gasteiger partial charge in [-0.2, -0.15) is 35.1 Å². The van der Waals surface area contributed by atoms with E-state index in [9.17, 15) is 50.3 Å². The summed E-state index contributed by atoms with van der Waals surface area (Å²) in [4.78, 5) is 11.9. The summed E-state index contributed by atoms with van der Waals surface area (Å²) in [5.74, 6) is -5.27. The minimum atomic E-state index is -5.94. The second-order valence-corrected chi connectivity index (χ2v) is 8.79. The number of halogens is 8. The van der Waals surface area contributed by atoms with Crippen LogP contribution < -0.4 is 4.90 Å². The number of hydrogen-bond donors (Lipinski definition) is 1. The standard InChI is InChI=1S/C23H16F8N2O3S/c24-21(25,23(29,30)31)14-3-1-4-16(11-14)32(13-20(34)22(26,27)28)17-5-2-6-19(12-17)37-18-9-7-15(8-10-18)33(35)36/h1-12,20,34H,13H2. The highest BCUT2D eigenvalue weighted by Crippen LogP contribution is 2.45. The quantitative estimate of drug-likeness (QED) is 0.179. The zero-order valence-electron chi connectivity index (χ0n) is 18.3. The number of non-ortho nitro benzene ring substituents is 1. The zero-order valence-corrected chi connectivity index (χ0v) is 19.1. The molecule has 0 spiro atoms. The molecule has 0 fully saturated rings. The highest BCUT2D eigenvalue weighted by molar-refractivity contribution is 7.99. The van der Waals surface area contributed by atoms with E-state index in [1.807, 2.05) is 0 Å². The van der Waals surface area contributed by atoms with Crippen molar-refractivity contribution in [2.45, 2.75) is 34.2 Å². The summed E-state index contributed by atoms with van der Waals surface area (Å²) < 4.78 is 106. The molecular weight excluding hydrogens is 536 g/mol. The lowest BCUT2D eigenvalue weighted by molar-refractivity contribution is -0.384. The van der Waals surface area contributed by atoms with Crippen molar-refractivity contribution in [1.82, 2.24) is 0 Å². The summed E-state index contributed by atoms with van der Waals surface area (Å²) in [6, 6.07) is 13.7. The SMILES string of the molecule is O=[N+]([O-])c1ccc(Sc2cccc(N(CC(O)C(F)(F)F)c3cccc(C(F)(F)C(F)(F)F)c3)c2)cc1. The van der Waals surface area contributed by atoms with Crippen LogP contribution in [0.1, 0.15) is 5.56 Å². The average molecular weight is 552 g/mol. The Hall–Kier alpha value is -3.39. The molecule has 3 aromatic carbocycles. The van der Waals surface area contributed by atoms with Crippen LogP contribution in [0.25, 0.3) is 0 Å². The van der Waals surface area contributed by atoms with Crippen molar-refractivity contribution in [1.29, 1.82) is 0 Å². The van der Waals surface area contributed by atoms with Gasteiger partial charge in [-0.05, 0) is 42.5 Å². The summed E-state index contributed by atoms with van der Waals surface area (Å²) in [6.45, 7) is -1.20. The molecule has 1 atom stereocenters. The molecule has 0 bridgehead atoms. The number of alkyl halides is 8. The molecule has 37 heavy (non-hydrogen) atoms. The van der Waals surface area contributed by atoms with Gasteiger partial charge in [-0.25, -0.2) is 0 Å². The van der Waals surface area contributed by atoms with E-state index < -0.39 is 47.1 Å². The van der Waals surface area contributed by atoms with Crippen molar-refractivity contribution in [3.05, 3.63) is 88.5 Å². The number of nitro benzene ring substituents is 1. The van der Waals surface area contributed by atoms with Crippen LogP contribution in [0.3, 0.4) is 0 Å². The highest BCUT2D eigenvalue weighted by Gasteiger charge is 2.58. The third-order valence-electron chi connectivity index (χ3n) is 5.02. The Morgan fingerprint density at radius 2 is 1.41 bits per heavy atom. The fourth-order valence-corrected chi connectivity index (χ4v) is 4.03. The van der Waals surface area contributed by atoms with Gasteiger partial charge in [-0.3, -0.25) is 10.1 Å². The molecule has 0 aromatic heterocycles. The van der Waals surface area contributed by atoms with Gasteiger partial charge in [0.1, 0.15) is 0 Å². The Morgan fingerprint density at radius 3 is 1.95 bits per heavy atom. The smallest absolute Gasteiger partial charge is 0.382 e. The molecule has 5 nitrogen and oxygen atoms in total. The summed E-state index contributed by atoms with van der Waals surface area (Å²) >= 11 is 1.07. The first kappa shape index (κ1) is 28.2. The Kier molecular flexibility index (Phi) is 8.03. The normalized spacial score (nSPS) is 13.3. The van der Waals surface area contributed by atoms with Crippen LogP contribution in [0.2, 0.25) is 0 Å². The molecule has 0 heterocycles. The van der Waals surface area contributed by atoms with Crippen molar-refractivity contribution in [2.75, 3.05) is 11.4 Å². The summed E-state index contributed by atoms with van der Waals surface area (Å²) in [7, 11) is 0. The maximum Gasteiger partial charge on any atom is 0.458 e. The highest BCUT2D eigenvalue weighted by atomic mass is 32.2. The third kappa shape index (κ3) is 6.68. The van der Waals surface area contributed by atoms with Gasteiger partial charge in [-0.1, -0.05) is 30.0 Å². The Labute approximate surface area is 208 Å². The number of anilines is 2. The van der Waals surface area contributed by atoms with Gasteiger partial charge in [0.25, 0.3) is 5.69 Å². The molecule has 3 aromatic rings. The van der Waals surface area contributed by atoms with Gasteiger partial charge in [0.15, 0.2) is 6.10 Å². The van der Waals surface area contributed by atoms with E-state index in [4.69, 9.17) is 0 Å². The number of rotatable bonds is 8. The number of aliphatic hydroxyl groups is 1. The Balaban J connectivity index is 2.01. The van der Waals surface area contributed by atoms with Gasteiger partial charge in [0.05, 0.1) is 11.5 Å². The van der Waals surface area contributed by atoms with Crippen LogP contribution in [0, 0.1) is 10.1 Å². The predicted octanol–water partition coefficient (Wildman–Crippen LogP) is 7.46. The monoisotopic (exact) mass is 552 g/mol. The number of benzene rings is 3. The van der Waals surface area contributed by atoms with Gasteiger partial charge >= 0.3 is 18.3 Å². The first-order chi connectivity index (χ1) is 17.1. The molecule has 0 aliphatic carbocycles. The van der Waals surface area contributed by atoms with Crippen molar-refractivity contribution in [3.63, 3.8) is 0 Å². The minimum absolute atomic E-state index is 0.0392. The van der Waals surface area contributed by atoms with Gasteiger partial charge in [-0.15, -0.1) is 0 Å². The number of aliphatic hydroxyl groups excluding tert-OH is 1. The molecule has 0 aliphatic rings. The second-order valence-electron chi connectivity index (χ2n) is 7.64. The third-order valence-corrected chi connectivity index (χ3v) is 6.02. The molecule has 0 radical (unpaired) electrons. The Morgan fingerprint density at radius 1 is 0.838 bits per heavy atom. The summed E-state index contributed by atoms with van der Waals surface area (Å²) in [5.41, 5.74) is -2.13. The number of nitro groups is 1. The predicted molar refractivity (Wildman–Crippen MR) is 119 cm³/mol. The van der Waals surface area contributed by atoms with Crippen molar-refractivity contribution >= 4 is 28.8 Å². The van der Waals surface area contributed by atoms with Gasteiger partial charge < -0.3 is 10.0 Å². The maximum atomic E-state index is 13.9. The minimum Gasteiger partial charge on any atom is -0.382 e. The molecule has 0 aliphatic heterocycles. The van der Waals surface area contributed by atoms with Crippen LogP contribution in [0.4, 0.5) is 52.2 Å². The molecule has 198 valence electrons. The van der Waals surface area contributed by atoms with Gasteiger partial charge in [0.2, 0.25) is 0 Å². The molecule has 1 N–H and O–H groups in total. The van der Waals surface area contributed by atoms with E-state index >= 15 is 0 Å². The maximum absolute atomic E-state index is 13.9. The van der Waals surface area contributed by atoms with E-state index in [1.165, 1.54) is 42.5 Å². The molecule has 1 unspecified atom stereocenters. The van der Waals surface area contributed by atoms with E-state index in [-0.39, 0.29) is 11.4 Å². The first-order valence-electron chi connectivity index (χ1n) is 10.2. The van der Waals surface area contributed by atoms with E-state index in [1.54, 1.807) is 6.07 Å². The number of nitrogens with zero attached hydrogens (tertiary/aromatic N) is 2. The lowest BCUT2D eigenvalue weighted by Gasteiger charge is -2.30. The fraction of sp³-hybridized carbons (Fsp3) is 0.217. The lowest BCUT2D eigenvalue weighted by Crippen LogP contribution is -2.39. The van der Waals surface area contributed by atoms with Crippen molar-refractivity contribution in [2.24, 2.45) is 0 Å². The largest absolute Gasteiger partial charge is 0.458 e. The van der Waals surface area contributed by atoms with E-state index in [0.717, 1.165) is 28.8 Å². The van der Waals surface area contributed by atoms with E-state index in [2.05, 4.69) is 0 Å². The number of hydrogen-bond acceptors (Lipinski definition) is 5. The Bertz CT molecular complexity index is 1250. The first-order valence-corrected chi connectivity index (χ1v) is 11.0. The van der Waals surface area contributed by atoms with Gasteiger partial charge in [0, 0.05) is 38.9 Å². The van der Waals surface area contributed by atoms with Crippen molar-refractivity contribution in [3.8, 4) is 0 Å². The zero-order chi connectivity index (χ0) is 27.6. The molecule has 0 amide bonds. The molecule has 0 saturated carbocycles. The topological polar surface area (TPSA) is 66.6 Å². The van der Waals surface area contributed by atoms with Crippen LogP contribution in [-0.4, -0.2) is 35.0 Å². The van der Waals surface area contributed by atoms with Crippen LogP contribution in [0.15, 0.2) is 82.6 Å². The average Bonchev–Trinajstić information content (AvgIpc) is 2.81. The van der Waals surface area contributed by atoms with Crippen molar-refractivity contribution < 1.29 is 45.2 Å². The fourth-order valence-electron chi connectivity index (χ4n) is 3.16. The summed E-state index contributed by atoms with van der Waals surface area (Å²) in [6.07, 6.45) is -14.0. The van der Waals surface area contributed by atoms with Crippen LogP contribution in [0.5, 0.6) is 0 Å². The van der Waals surface area contributed by atoms with Crippen LogP contribution >= 0.6 is 11.8 Å². The second kappa shape index (κ2) is 10.5. The van der Waals surface area contributed by atoms with Crippen LogP contribution in [-0.2, 0) is 5.92 Å².